The Bertz CT molecular complexity index is 531. The van der Waals surface area contributed by atoms with E-state index in [1.165, 1.54) is 0 Å². The van der Waals surface area contributed by atoms with Crippen molar-refractivity contribution in [3.8, 4) is 17.5 Å². The number of nitrogens with zero attached hydrogens (tertiary/aromatic N) is 2. The van der Waals surface area contributed by atoms with Crippen molar-refractivity contribution < 1.29 is 14.2 Å². The van der Waals surface area contributed by atoms with Crippen LogP contribution in [0.2, 0.25) is 0 Å². The summed E-state index contributed by atoms with van der Waals surface area (Å²) in [5.41, 5.74) is 1.10. The van der Waals surface area contributed by atoms with Crippen molar-refractivity contribution in [3.05, 3.63) is 42.2 Å². The van der Waals surface area contributed by atoms with Crippen molar-refractivity contribution in [1.82, 2.24) is 9.97 Å². The lowest BCUT2D eigenvalue weighted by Gasteiger charge is -2.09. The number of ether oxygens (including phenoxy) is 3. The van der Waals surface area contributed by atoms with Gasteiger partial charge in [-0.2, -0.15) is 0 Å². The zero-order valence-electron chi connectivity index (χ0n) is 9.16. The molecule has 2 aromatic rings. The predicted octanol–water partition coefficient (Wildman–Crippen LogP) is 1.92. The standard InChI is InChI=1S/C12H10N2O3/c1-8-3-4-9-10(7-8)16-12(15-9)17-11-13-5-2-6-14-11/h2-7,12H,1H3. The van der Waals surface area contributed by atoms with Crippen LogP contribution in [0.5, 0.6) is 17.5 Å². The third-order valence-electron chi connectivity index (χ3n) is 2.29. The van der Waals surface area contributed by atoms with E-state index in [0.29, 0.717) is 11.5 Å². The summed E-state index contributed by atoms with van der Waals surface area (Å²) in [6.45, 7) is 1.16. The molecule has 1 atom stereocenters. The molecule has 1 aliphatic rings. The molecule has 86 valence electrons. The summed E-state index contributed by atoms with van der Waals surface area (Å²) in [7, 11) is 0. The molecule has 0 saturated carbocycles. The van der Waals surface area contributed by atoms with Gasteiger partial charge in [-0.25, -0.2) is 9.97 Å². The number of aromatic nitrogens is 2. The maximum absolute atomic E-state index is 5.47. The second-order valence-corrected chi connectivity index (χ2v) is 3.62. The van der Waals surface area contributed by atoms with E-state index in [4.69, 9.17) is 14.2 Å². The average Bonchev–Trinajstić information content (AvgIpc) is 2.71. The van der Waals surface area contributed by atoms with E-state index in [9.17, 15) is 0 Å². The molecule has 0 saturated heterocycles. The van der Waals surface area contributed by atoms with Gasteiger partial charge in [-0.15, -0.1) is 0 Å². The number of fused-ring (bicyclic) bond motifs is 1. The molecule has 0 spiro atoms. The van der Waals surface area contributed by atoms with Gasteiger partial charge >= 0.3 is 12.5 Å². The molecule has 2 heterocycles. The molecule has 0 aliphatic carbocycles. The molecule has 3 rings (SSSR count). The predicted molar refractivity (Wildman–Crippen MR) is 58.9 cm³/mol. The number of benzene rings is 1. The van der Waals surface area contributed by atoms with Gasteiger partial charge < -0.3 is 14.2 Å². The van der Waals surface area contributed by atoms with E-state index in [1.54, 1.807) is 18.5 Å². The monoisotopic (exact) mass is 230 g/mol. The van der Waals surface area contributed by atoms with Crippen LogP contribution < -0.4 is 14.2 Å². The lowest BCUT2D eigenvalue weighted by Crippen LogP contribution is -2.26. The normalized spacial score (nSPS) is 16.9. The van der Waals surface area contributed by atoms with E-state index in [-0.39, 0.29) is 6.01 Å². The summed E-state index contributed by atoms with van der Waals surface area (Å²) in [5.74, 6) is 1.34. The number of rotatable bonds is 2. The molecular formula is C12H10N2O3. The Balaban J connectivity index is 1.74. The maximum atomic E-state index is 5.47. The van der Waals surface area contributed by atoms with Gasteiger partial charge in [-0.3, -0.25) is 0 Å². The first-order valence-electron chi connectivity index (χ1n) is 5.19. The summed E-state index contributed by atoms with van der Waals surface area (Å²) >= 11 is 0. The molecule has 1 aromatic carbocycles. The lowest BCUT2D eigenvalue weighted by atomic mass is 10.2. The fraction of sp³-hybridized carbons (Fsp3) is 0.167. The maximum Gasteiger partial charge on any atom is 0.409 e. The summed E-state index contributed by atoms with van der Waals surface area (Å²) in [6.07, 6.45) is 3.18. The largest absolute Gasteiger partial charge is 0.419 e. The van der Waals surface area contributed by atoms with Crippen molar-refractivity contribution >= 4 is 0 Å². The highest BCUT2D eigenvalue weighted by Crippen LogP contribution is 2.35. The molecule has 0 fully saturated rings. The summed E-state index contributed by atoms with van der Waals surface area (Å²) in [5, 5.41) is 0. The zero-order chi connectivity index (χ0) is 11.7. The Hall–Kier alpha value is -2.30. The fourth-order valence-electron chi connectivity index (χ4n) is 1.52. The summed E-state index contributed by atoms with van der Waals surface area (Å²) in [4.78, 5) is 7.86. The average molecular weight is 230 g/mol. The minimum Gasteiger partial charge on any atom is -0.419 e. The molecule has 0 amide bonds. The molecule has 1 aromatic heterocycles. The van der Waals surface area contributed by atoms with Crippen LogP contribution in [0.4, 0.5) is 0 Å². The van der Waals surface area contributed by atoms with Crippen LogP contribution in [0, 0.1) is 6.92 Å². The molecule has 0 bridgehead atoms. The Labute approximate surface area is 98.0 Å². The van der Waals surface area contributed by atoms with Crippen molar-refractivity contribution in [3.63, 3.8) is 0 Å². The number of aryl methyl sites for hydroxylation is 1. The molecule has 5 heteroatoms. The molecule has 1 aliphatic heterocycles. The van der Waals surface area contributed by atoms with Gasteiger partial charge in [-0.1, -0.05) is 6.07 Å². The quantitative estimate of drug-likeness (QED) is 0.788. The van der Waals surface area contributed by atoms with Gasteiger partial charge in [0.15, 0.2) is 11.5 Å². The number of hydrogen-bond donors (Lipinski definition) is 0. The van der Waals surface area contributed by atoms with E-state index >= 15 is 0 Å². The van der Waals surface area contributed by atoms with Crippen molar-refractivity contribution in [2.75, 3.05) is 0 Å². The third kappa shape index (κ3) is 1.99. The van der Waals surface area contributed by atoms with E-state index in [2.05, 4.69) is 9.97 Å². The number of hydrogen-bond acceptors (Lipinski definition) is 5. The van der Waals surface area contributed by atoms with E-state index < -0.39 is 6.48 Å². The molecule has 0 radical (unpaired) electrons. The van der Waals surface area contributed by atoms with Crippen LogP contribution in [0.15, 0.2) is 36.7 Å². The Kier molecular flexibility index (Phi) is 2.29. The van der Waals surface area contributed by atoms with Crippen LogP contribution in [-0.4, -0.2) is 16.4 Å². The fourth-order valence-corrected chi connectivity index (χ4v) is 1.52. The van der Waals surface area contributed by atoms with Gasteiger partial charge in [-0.05, 0) is 30.7 Å². The van der Waals surface area contributed by atoms with Crippen molar-refractivity contribution in [2.45, 2.75) is 13.4 Å². The van der Waals surface area contributed by atoms with Crippen LogP contribution in [-0.2, 0) is 0 Å². The van der Waals surface area contributed by atoms with Gasteiger partial charge in [0, 0.05) is 12.4 Å². The molecule has 17 heavy (non-hydrogen) atoms. The second kappa shape index (κ2) is 3.93. The van der Waals surface area contributed by atoms with Crippen LogP contribution >= 0.6 is 0 Å². The minimum absolute atomic E-state index is 0.224. The van der Waals surface area contributed by atoms with E-state index in [1.807, 2.05) is 25.1 Å². The first-order chi connectivity index (χ1) is 8.31. The first kappa shape index (κ1) is 9.89. The van der Waals surface area contributed by atoms with Crippen LogP contribution in [0.1, 0.15) is 5.56 Å². The Morgan fingerprint density at radius 2 is 1.88 bits per heavy atom. The lowest BCUT2D eigenvalue weighted by molar-refractivity contribution is -0.116. The highest BCUT2D eigenvalue weighted by Gasteiger charge is 2.26. The topological polar surface area (TPSA) is 53.5 Å². The van der Waals surface area contributed by atoms with Gasteiger partial charge in [0.2, 0.25) is 0 Å². The van der Waals surface area contributed by atoms with Crippen LogP contribution in [0.3, 0.4) is 0 Å². The first-order valence-corrected chi connectivity index (χ1v) is 5.19. The highest BCUT2D eigenvalue weighted by molar-refractivity contribution is 5.44. The Morgan fingerprint density at radius 3 is 2.71 bits per heavy atom. The van der Waals surface area contributed by atoms with Gasteiger partial charge in [0.05, 0.1) is 0 Å². The smallest absolute Gasteiger partial charge is 0.409 e. The van der Waals surface area contributed by atoms with Gasteiger partial charge in [0.1, 0.15) is 0 Å². The van der Waals surface area contributed by atoms with Crippen molar-refractivity contribution in [2.24, 2.45) is 0 Å². The molecule has 5 nitrogen and oxygen atoms in total. The minimum atomic E-state index is -0.825. The van der Waals surface area contributed by atoms with Crippen molar-refractivity contribution in [1.29, 1.82) is 0 Å². The van der Waals surface area contributed by atoms with Crippen LogP contribution in [0.25, 0.3) is 0 Å². The van der Waals surface area contributed by atoms with Gasteiger partial charge in [0.25, 0.3) is 0 Å². The zero-order valence-corrected chi connectivity index (χ0v) is 9.16. The highest BCUT2D eigenvalue weighted by atomic mass is 16.9. The Morgan fingerprint density at radius 1 is 1.12 bits per heavy atom. The SMILES string of the molecule is Cc1ccc2c(c1)OC(Oc1ncccn1)O2. The third-order valence-corrected chi connectivity index (χ3v) is 2.29. The molecule has 1 unspecified atom stereocenters. The second-order valence-electron chi connectivity index (χ2n) is 3.62. The summed E-state index contributed by atoms with van der Waals surface area (Å²) in [6, 6.07) is 7.62. The van der Waals surface area contributed by atoms with E-state index in [0.717, 1.165) is 5.56 Å². The molecular weight excluding hydrogens is 220 g/mol. The summed E-state index contributed by atoms with van der Waals surface area (Å²) < 4.78 is 16.2. The molecule has 0 N–H and O–H groups in total.